The molecule has 0 radical (unpaired) electrons. The minimum absolute atomic E-state index is 0.154. The van der Waals surface area contributed by atoms with Gasteiger partial charge in [-0.2, -0.15) is 0 Å². The minimum atomic E-state index is 0.154. The van der Waals surface area contributed by atoms with Crippen LogP contribution < -0.4 is 5.32 Å². The second kappa shape index (κ2) is 22.8. The molecule has 1 amide bonds. The summed E-state index contributed by atoms with van der Waals surface area (Å²) >= 11 is 0. The Morgan fingerprint density at radius 3 is 1.69 bits per heavy atom. The highest BCUT2D eigenvalue weighted by atomic mass is 16.2. The van der Waals surface area contributed by atoms with Crippen LogP contribution in [0.1, 0.15) is 132 Å². The maximum Gasteiger partial charge on any atom is 0.253 e. The second-order valence-corrected chi connectivity index (χ2v) is 11.0. The fourth-order valence-electron chi connectivity index (χ4n) is 4.83. The average molecular weight is 502 g/mol. The van der Waals surface area contributed by atoms with Crippen molar-refractivity contribution in [2.24, 2.45) is 0 Å². The van der Waals surface area contributed by atoms with Gasteiger partial charge in [-0.15, -0.1) is 0 Å². The molecule has 0 saturated carbocycles. The molecule has 0 saturated heterocycles. The summed E-state index contributed by atoms with van der Waals surface area (Å²) in [5, 5.41) is 3.50. The van der Waals surface area contributed by atoms with Crippen LogP contribution in [0.3, 0.4) is 0 Å². The van der Waals surface area contributed by atoms with Gasteiger partial charge in [-0.05, 0) is 51.7 Å². The van der Waals surface area contributed by atoms with Crippen molar-refractivity contribution in [3.05, 3.63) is 35.4 Å². The molecule has 0 unspecified atom stereocenters. The molecule has 1 N–H and O–H groups in total. The Morgan fingerprint density at radius 1 is 0.667 bits per heavy atom. The maximum absolute atomic E-state index is 13.0. The van der Waals surface area contributed by atoms with Crippen LogP contribution in [0, 0.1) is 0 Å². The lowest BCUT2D eigenvalue weighted by molar-refractivity contribution is 0.0791. The number of carbonyl (C=O) groups is 1. The largest absolute Gasteiger partial charge is 0.342 e. The van der Waals surface area contributed by atoms with Crippen LogP contribution in [0.4, 0.5) is 0 Å². The van der Waals surface area contributed by atoms with Crippen LogP contribution in [0.25, 0.3) is 0 Å². The first kappa shape index (κ1) is 32.6. The van der Waals surface area contributed by atoms with E-state index in [2.05, 4.69) is 37.3 Å². The predicted octanol–water partition coefficient (Wildman–Crippen LogP) is 8.06. The summed E-state index contributed by atoms with van der Waals surface area (Å²) < 4.78 is 0. The minimum Gasteiger partial charge on any atom is -0.342 e. The molecular formula is C32H59N3O. The monoisotopic (exact) mass is 501 g/mol. The van der Waals surface area contributed by atoms with Crippen molar-refractivity contribution in [3.8, 4) is 0 Å². The lowest BCUT2D eigenvalue weighted by Crippen LogP contribution is -2.29. The van der Waals surface area contributed by atoms with E-state index in [-0.39, 0.29) is 5.91 Å². The van der Waals surface area contributed by atoms with Gasteiger partial charge in [0.05, 0.1) is 0 Å². The van der Waals surface area contributed by atoms with Gasteiger partial charge in [0.1, 0.15) is 0 Å². The molecule has 0 bridgehead atoms. The van der Waals surface area contributed by atoms with Crippen LogP contribution in [-0.2, 0) is 6.54 Å². The fraction of sp³-hybridized carbons (Fsp3) is 0.781. The number of nitrogens with zero attached hydrogens (tertiary/aromatic N) is 2. The van der Waals surface area contributed by atoms with Crippen LogP contribution in [0.15, 0.2) is 24.3 Å². The van der Waals surface area contributed by atoms with Gasteiger partial charge in [0.25, 0.3) is 5.91 Å². The number of hydrogen-bond donors (Lipinski definition) is 1. The smallest absolute Gasteiger partial charge is 0.253 e. The van der Waals surface area contributed by atoms with E-state index in [0.29, 0.717) is 0 Å². The summed E-state index contributed by atoms with van der Waals surface area (Å²) in [4.78, 5) is 17.1. The van der Waals surface area contributed by atoms with Gasteiger partial charge in [0.2, 0.25) is 0 Å². The quantitative estimate of drug-likeness (QED) is 0.145. The maximum atomic E-state index is 13.0. The van der Waals surface area contributed by atoms with E-state index in [4.69, 9.17) is 0 Å². The molecule has 4 heteroatoms. The molecule has 1 aromatic carbocycles. The molecule has 0 fully saturated rings. The second-order valence-electron chi connectivity index (χ2n) is 11.0. The van der Waals surface area contributed by atoms with Crippen molar-refractivity contribution < 1.29 is 4.79 Å². The first-order valence-corrected chi connectivity index (χ1v) is 15.2. The number of unbranched alkanes of at least 4 members (excludes halogenated alkanes) is 15. The molecule has 1 rings (SSSR count). The first-order chi connectivity index (χ1) is 17.6. The van der Waals surface area contributed by atoms with E-state index in [1.807, 2.05) is 30.1 Å². The summed E-state index contributed by atoms with van der Waals surface area (Å²) in [7, 11) is 6.15. The Balaban J connectivity index is 2.06. The van der Waals surface area contributed by atoms with Crippen molar-refractivity contribution >= 4 is 5.91 Å². The van der Waals surface area contributed by atoms with Gasteiger partial charge in [-0.25, -0.2) is 0 Å². The molecular weight excluding hydrogens is 442 g/mol. The molecule has 4 nitrogen and oxygen atoms in total. The van der Waals surface area contributed by atoms with Crippen molar-refractivity contribution in [2.45, 2.75) is 123 Å². The van der Waals surface area contributed by atoms with Crippen molar-refractivity contribution in [3.63, 3.8) is 0 Å². The number of nitrogens with one attached hydrogen (secondary N) is 1. The number of amides is 1. The fourth-order valence-corrected chi connectivity index (χ4v) is 4.83. The van der Waals surface area contributed by atoms with Crippen LogP contribution in [0.5, 0.6) is 0 Å². The summed E-state index contributed by atoms with van der Waals surface area (Å²) in [5.41, 5.74) is 1.95. The molecule has 0 aliphatic rings. The van der Waals surface area contributed by atoms with Crippen molar-refractivity contribution in [1.82, 2.24) is 15.1 Å². The Kier molecular flexibility index (Phi) is 20.7. The zero-order valence-corrected chi connectivity index (χ0v) is 24.5. The van der Waals surface area contributed by atoms with Crippen LogP contribution in [-0.4, -0.2) is 56.5 Å². The molecule has 0 atom stereocenters. The normalized spacial score (nSPS) is 11.4. The number of carbonyl (C=O) groups excluding carboxylic acids is 1. The zero-order valence-electron chi connectivity index (χ0n) is 24.5. The van der Waals surface area contributed by atoms with Crippen molar-refractivity contribution in [2.75, 3.05) is 40.8 Å². The average Bonchev–Trinajstić information content (AvgIpc) is 2.87. The van der Waals surface area contributed by atoms with Crippen molar-refractivity contribution in [1.29, 1.82) is 0 Å². The highest BCUT2D eigenvalue weighted by molar-refractivity contribution is 5.95. The zero-order chi connectivity index (χ0) is 26.3. The Morgan fingerprint density at radius 2 is 1.17 bits per heavy atom. The van der Waals surface area contributed by atoms with Gasteiger partial charge in [-0.3, -0.25) is 4.79 Å². The Labute approximate surface area is 224 Å². The Hall–Kier alpha value is -1.39. The summed E-state index contributed by atoms with van der Waals surface area (Å²) in [6.45, 7) is 5.94. The third-order valence-corrected chi connectivity index (χ3v) is 7.22. The number of hydrogen-bond acceptors (Lipinski definition) is 3. The SMILES string of the molecule is CCCCCCCCCCCCCCCCCCN(C)C(=O)c1ccccc1CNCCCN(C)C. The highest BCUT2D eigenvalue weighted by Gasteiger charge is 2.14. The molecule has 1 aromatic rings. The third-order valence-electron chi connectivity index (χ3n) is 7.22. The van der Waals surface area contributed by atoms with E-state index in [9.17, 15) is 4.79 Å². The standard InChI is InChI=1S/C32H59N3O/c1-5-6-7-8-9-10-11-12-13-14-15-16-17-18-19-22-28-35(4)32(36)31-25-21-20-24-30(31)29-33-26-23-27-34(2)3/h20-21,24-25,33H,5-19,22-23,26-29H2,1-4H3. The molecule has 208 valence electrons. The van der Waals surface area contributed by atoms with Gasteiger partial charge in [0, 0.05) is 25.7 Å². The first-order valence-electron chi connectivity index (χ1n) is 15.2. The van der Waals surface area contributed by atoms with E-state index in [1.165, 1.54) is 96.3 Å². The summed E-state index contributed by atoms with van der Waals surface area (Å²) in [5.74, 6) is 0.154. The van der Waals surface area contributed by atoms with Crippen LogP contribution >= 0.6 is 0 Å². The lowest BCUT2D eigenvalue weighted by Gasteiger charge is -2.19. The van der Waals surface area contributed by atoms with E-state index < -0.39 is 0 Å². The Bertz CT molecular complexity index is 646. The predicted molar refractivity (Wildman–Crippen MR) is 158 cm³/mol. The number of benzene rings is 1. The molecule has 0 aliphatic heterocycles. The van der Waals surface area contributed by atoms with Gasteiger partial charge in [-0.1, -0.05) is 121 Å². The van der Waals surface area contributed by atoms with E-state index in [1.54, 1.807) is 0 Å². The van der Waals surface area contributed by atoms with Crippen LogP contribution in [0.2, 0.25) is 0 Å². The molecule has 0 aliphatic carbocycles. The highest BCUT2D eigenvalue weighted by Crippen LogP contribution is 2.15. The van der Waals surface area contributed by atoms with Gasteiger partial charge in [0.15, 0.2) is 0 Å². The van der Waals surface area contributed by atoms with Gasteiger partial charge < -0.3 is 15.1 Å². The summed E-state index contributed by atoms with van der Waals surface area (Å²) in [6.07, 6.45) is 23.1. The molecule has 0 spiro atoms. The molecule has 0 heterocycles. The topological polar surface area (TPSA) is 35.6 Å². The number of rotatable bonds is 24. The summed E-state index contributed by atoms with van der Waals surface area (Å²) in [6, 6.07) is 8.06. The molecule has 36 heavy (non-hydrogen) atoms. The lowest BCUT2D eigenvalue weighted by atomic mass is 10.0. The third kappa shape index (κ3) is 17.1. The van der Waals surface area contributed by atoms with E-state index >= 15 is 0 Å². The van der Waals surface area contributed by atoms with Gasteiger partial charge >= 0.3 is 0 Å². The molecule has 0 aromatic heterocycles. The van der Waals surface area contributed by atoms with E-state index in [0.717, 1.165) is 50.1 Å².